The first-order valence-corrected chi connectivity index (χ1v) is 3.74. The monoisotopic (exact) mass is 165 g/mol. The third-order valence-electron chi connectivity index (χ3n) is 1.55. The largest absolute Gasteiger partial charge is 0.478 e. The Bertz CT molecular complexity index is 299. The molecular weight excluding hydrogens is 154 g/mol. The number of aromatic nitrogens is 1. The van der Waals surface area contributed by atoms with Gasteiger partial charge in [0, 0.05) is 18.9 Å². The molecule has 0 saturated carbocycles. The summed E-state index contributed by atoms with van der Waals surface area (Å²) >= 11 is 0. The number of nitrogens with zero attached hydrogens (tertiary/aromatic N) is 1. The van der Waals surface area contributed by atoms with E-state index < -0.39 is 5.97 Å². The molecule has 0 radical (unpaired) electrons. The molecule has 12 heavy (non-hydrogen) atoms. The van der Waals surface area contributed by atoms with E-state index in [0.717, 1.165) is 6.54 Å². The van der Waals surface area contributed by atoms with Crippen LogP contribution in [0.5, 0.6) is 0 Å². The minimum Gasteiger partial charge on any atom is -0.478 e. The van der Waals surface area contributed by atoms with Gasteiger partial charge in [-0.25, -0.2) is 4.79 Å². The van der Waals surface area contributed by atoms with Crippen LogP contribution in [0.4, 0.5) is 0 Å². The fraction of sp³-hybridized carbons (Fsp3) is 0.222. The normalized spacial score (nSPS) is 10.8. The van der Waals surface area contributed by atoms with Crippen LogP contribution in [0.3, 0.4) is 0 Å². The lowest BCUT2D eigenvalue weighted by Gasteiger charge is -1.93. The second-order valence-corrected chi connectivity index (χ2v) is 2.47. The number of carboxylic acid groups (broad SMARTS) is 1. The van der Waals surface area contributed by atoms with Gasteiger partial charge in [-0.15, -0.1) is 0 Å². The molecule has 0 bridgehead atoms. The predicted molar refractivity (Wildman–Crippen MR) is 46.2 cm³/mol. The molecule has 0 fully saturated rings. The van der Waals surface area contributed by atoms with Gasteiger partial charge >= 0.3 is 5.97 Å². The zero-order valence-corrected chi connectivity index (χ0v) is 6.90. The van der Waals surface area contributed by atoms with Gasteiger partial charge in [-0.1, -0.05) is 12.2 Å². The van der Waals surface area contributed by atoms with E-state index in [2.05, 4.69) is 0 Å². The first-order chi connectivity index (χ1) is 5.74. The van der Waals surface area contributed by atoms with Crippen molar-refractivity contribution in [2.75, 3.05) is 0 Å². The van der Waals surface area contributed by atoms with Crippen LogP contribution in [0.15, 0.2) is 30.6 Å². The predicted octanol–water partition coefficient (Wildman–Crippen LogP) is 1.76. The van der Waals surface area contributed by atoms with Gasteiger partial charge in [0.05, 0.1) is 5.56 Å². The summed E-state index contributed by atoms with van der Waals surface area (Å²) in [6.45, 7) is 2.66. The summed E-state index contributed by atoms with van der Waals surface area (Å²) in [7, 11) is 0. The van der Waals surface area contributed by atoms with Crippen LogP contribution in [-0.4, -0.2) is 15.6 Å². The Balaban J connectivity index is 2.70. The molecular formula is C9H11NO2. The summed E-state index contributed by atoms with van der Waals surface area (Å²) in [6, 6.07) is 1.59. The lowest BCUT2D eigenvalue weighted by molar-refractivity contribution is 0.0697. The van der Waals surface area contributed by atoms with Crippen molar-refractivity contribution in [3.8, 4) is 0 Å². The molecule has 0 unspecified atom stereocenters. The second-order valence-electron chi connectivity index (χ2n) is 2.47. The molecule has 1 heterocycles. The number of rotatable bonds is 3. The van der Waals surface area contributed by atoms with E-state index in [1.165, 1.54) is 0 Å². The van der Waals surface area contributed by atoms with Crippen molar-refractivity contribution in [1.29, 1.82) is 0 Å². The molecule has 0 aromatic carbocycles. The van der Waals surface area contributed by atoms with Crippen LogP contribution in [0, 0.1) is 0 Å². The molecule has 0 atom stereocenters. The van der Waals surface area contributed by atoms with Crippen LogP contribution in [0.1, 0.15) is 17.3 Å². The number of hydrogen-bond acceptors (Lipinski definition) is 1. The molecule has 1 aromatic heterocycles. The van der Waals surface area contributed by atoms with Crippen molar-refractivity contribution in [2.45, 2.75) is 13.5 Å². The first kappa shape index (κ1) is 8.59. The highest BCUT2D eigenvalue weighted by atomic mass is 16.4. The third kappa shape index (κ3) is 1.99. The van der Waals surface area contributed by atoms with Crippen molar-refractivity contribution in [2.24, 2.45) is 0 Å². The summed E-state index contributed by atoms with van der Waals surface area (Å²) in [5, 5.41) is 8.59. The van der Waals surface area contributed by atoms with Crippen LogP contribution in [0.25, 0.3) is 0 Å². The van der Waals surface area contributed by atoms with Gasteiger partial charge in [0.25, 0.3) is 0 Å². The Hall–Kier alpha value is -1.51. The fourth-order valence-corrected chi connectivity index (χ4v) is 0.908. The molecule has 0 saturated heterocycles. The highest BCUT2D eigenvalue weighted by Crippen LogP contribution is 2.00. The molecule has 0 aliphatic carbocycles. The lowest BCUT2D eigenvalue weighted by atomic mass is 10.4. The Morgan fingerprint density at radius 2 is 2.50 bits per heavy atom. The van der Waals surface area contributed by atoms with Gasteiger partial charge in [-0.2, -0.15) is 0 Å². The van der Waals surface area contributed by atoms with Crippen LogP contribution in [-0.2, 0) is 6.54 Å². The molecule has 3 nitrogen and oxygen atoms in total. The number of carbonyl (C=O) groups is 1. The van der Waals surface area contributed by atoms with Crippen molar-refractivity contribution < 1.29 is 9.90 Å². The van der Waals surface area contributed by atoms with E-state index >= 15 is 0 Å². The van der Waals surface area contributed by atoms with Gasteiger partial charge in [-0.05, 0) is 13.0 Å². The van der Waals surface area contributed by atoms with E-state index in [9.17, 15) is 4.79 Å². The maximum absolute atomic E-state index is 10.5. The van der Waals surface area contributed by atoms with Gasteiger partial charge < -0.3 is 9.67 Å². The third-order valence-corrected chi connectivity index (χ3v) is 1.55. The summed E-state index contributed by atoms with van der Waals surface area (Å²) in [6.07, 6.45) is 7.26. The Kier molecular flexibility index (Phi) is 2.69. The molecule has 64 valence electrons. The van der Waals surface area contributed by atoms with E-state index in [-0.39, 0.29) is 0 Å². The van der Waals surface area contributed by atoms with Crippen molar-refractivity contribution in [1.82, 2.24) is 4.57 Å². The van der Waals surface area contributed by atoms with E-state index in [4.69, 9.17) is 5.11 Å². The fourth-order valence-electron chi connectivity index (χ4n) is 0.908. The van der Waals surface area contributed by atoms with Crippen molar-refractivity contribution in [3.05, 3.63) is 36.2 Å². The van der Waals surface area contributed by atoms with Crippen LogP contribution >= 0.6 is 0 Å². The summed E-state index contributed by atoms with van der Waals surface area (Å²) < 4.78 is 1.82. The molecule has 3 heteroatoms. The maximum Gasteiger partial charge on any atom is 0.337 e. The molecule has 1 aromatic rings. The number of allylic oxidation sites excluding steroid dienone is 2. The van der Waals surface area contributed by atoms with Gasteiger partial charge in [-0.3, -0.25) is 0 Å². The van der Waals surface area contributed by atoms with Crippen LogP contribution in [0.2, 0.25) is 0 Å². The Morgan fingerprint density at radius 1 is 1.75 bits per heavy atom. The molecule has 1 rings (SSSR count). The number of hydrogen-bond donors (Lipinski definition) is 1. The molecule has 1 N–H and O–H groups in total. The molecule has 0 spiro atoms. The quantitative estimate of drug-likeness (QED) is 0.693. The zero-order valence-electron chi connectivity index (χ0n) is 6.90. The van der Waals surface area contributed by atoms with E-state index in [1.807, 2.05) is 23.6 Å². The smallest absolute Gasteiger partial charge is 0.337 e. The highest BCUT2D eigenvalue weighted by Gasteiger charge is 2.02. The van der Waals surface area contributed by atoms with Gasteiger partial charge in [0.2, 0.25) is 0 Å². The summed E-state index contributed by atoms with van der Waals surface area (Å²) in [5.41, 5.74) is 0.333. The first-order valence-electron chi connectivity index (χ1n) is 3.74. The van der Waals surface area contributed by atoms with Crippen LogP contribution < -0.4 is 0 Å². The average molecular weight is 165 g/mol. The highest BCUT2D eigenvalue weighted by molar-refractivity contribution is 5.87. The van der Waals surface area contributed by atoms with Gasteiger partial charge in [0.15, 0.2) is 0 Å². The second kappa shape index (κ2) is 3.76. The SMILES string of the molecule is CC=CCn1ccc(C(=O)O)c1. The molecule has 0 aliphatic rings. The van der Waals surface area contributed by atoms with E-state index in [0.29, 0.717) is 5.56 Å². The Labute approximate surface area is 70.9 Å². The topological polar surface area (TPSA) is 42.2 Å². The van der Waals surface area contributed by atoms with Gasteiger partial charge in [0.1, 0.15) is 0 Å². The van der Waals surface area contributed by atoms with Crippen molar-refractivity contribution in [3.63, 3.8) is 0 Å². The summed E-state index contributed by atoms with van der Waals surface area (Å²) in [4.78, 5) is 10.5. The Morgan fingerprint density at radius 3 is 3.00 bits per heavy atom. The number of carboxylic acids is 1. The summed E-state index contributed by atoms with van der Waals surface area (Å²) in [5.74, 6) is -0.880. The number of aromatic carboxylic acids is 1. The molecule has 0 amide bonds. The maximum atomic E-state index is 10.5. The van der Waals surface area contributed by atoms with E-state index in [1.54, 1.807) is 18.5 Å². The minimum atomic E-state index is -0.880. The zero-order chi connectivity index (χ0) is 8.97. The van der Waals surface area contributed by atoms with Crippen molar-refractivity contribution >= 4 is 5.97 Å². The minimum absolute atomic E-state index is 0.333. The lowest BCUT2D eigenvalue weighted by Crippen LogP contribution is -1.94. The molecule has 0 aliphatic heterocycles. The average Bonchev–Trinajstić information content (AvgIpc) is 2.48. The standard InChI is InChI=1S/C9H11NO2/c1-2-3-5-10-6-4-8(7-10)9(11)12/h2-4,6-7H,5H2,1H3,(H,11,12).